The van der Waals surface area contributed by atoms with Gasteiger partial charge in [-0.1, -0.05) is 63.2 Å². The number of likely N-dealkylation sites (N-methyl/N-ethyl adjacent to an activating group) is 1. The first-order chi connectivity index (χ1) is 13.1. The summed E-state index contributed by atoms with van der Waals surface area (Å²) in [4.78, 5) is 5.94. The smallest absolute Gasteiger partial charge is 0.120 e. The summed E-state index contributed by atoms with van der Waals surface area (Å²) in [7, 11) is 5.52. The SMILES string of the molecule is CN1CCN(Cc2cc(-c3ssc(=S)c3-c3ccccc3)ccc2O)CC1. The minimum atomic E-state index is 0.373. The molecule has 0 spiro atoms. The molecule has 0 amide bonds. The second-order valence-electron chi connectivity index (χ2n) is 6.95. The first-order valence-electron chi connectivity index (χ1n) is 9.03. The summed E-state index contributed by atoms with van der Waals surface area (Å²) in [6, 6.07) is 16.3. The molecular formula is C21H22N2OS3. The average molecular weight is 415 g/mol. The van der Waals surface area contributed by atoms with E-state index in [1.165, 1.54) is 4.88 Å². The summed E-state index contributed by atoms with van der Waals surface area (Å²) in [6.45, 7) is 5.00. The molecule has 27 heavy (non-hydrogen) atoms. The van der Waals surface area contributed by atoms with Gasteiger partial charge in [-0.2, -0.15) is 0 Å². The average Bonchev–Trinajstić information content (AvgIpc) is 3.07. The van der Waals surface area contributed by atoms with Gasteiger partial charge in [0, 0.05) is 43.9 Å². The lowest BCUT2D eigenvalue weighted by Gasteiger charge is -2.32. The highest BCUT2D eigenvalue weighted by atomic mass is 32.9. The molecule has 0 bridgehead atoms. The highest BCUT2D eigenvalue weighted by Gasteiger charge is 2.18. The molecule has 0 aliphatic carbocycles. The van der Waals surface area contributed by atoms with Crippen LogP contribution in [0.2, 0.25) is 0 Å². The molecule has 1 aliphatic heterocycles. The van der Waals surface area contributed by atoms with E-state index in [2.05, 4.69) is 35.0 Å². The van der Waals surface area contributed by atoms with Crippen molar-refractivity contribution in [1.29, 1.82) is 0 Å². The maximum absolute atomic E-state index is 10.4. The lowest BCUT2D eigenvalue weighted by molar-refractivity contribution is 0.147. The minimum Gasteiger partial charge on any atom is -0.508 e. The summed E-state index contributed by atoms with van der Waals surface area (Å²) in [5.41, 5.74) is 4.41. The molecule has 1 aromatic heterocycles. The molecule has 140 valence electrons. The number of phenols is 1. The molecule has 2 heterocycles. The molecule has 2 aromatic carbocycles. The van der Waals surface area contributed by atoms with Gasteiger partial charge in [0.15, 0.2) is 0 Å². The van der Waals surface area contributed by atoms with E-state index >= 15 is 0 Å². The highest BCUT2D eigenvalue weighted by molar-refractivity contribution is 7.80. The van der Waals surface area contributed by atoms with E-state index in [4.69, 9.17) is 12.2 Å². The van der Waals surface area contributed by atoms with Crippen LogP contribution in [0.5, 0.6) is 5.75 Å². The zero-order chi connectivity index (χ0) is 18.8. The predicted molar refractivity (Wildman–Crippen MR) is 118 cm³/mol. The van der Waals surface area contributed by atoms with Crippen LogP contribution in [0.3, 0.4) is 0 Å². The van der Waals surface area contributed by atoms with Crippen molar-refractivity contribution in [2.45, 2.75) is 6.54 Å². The van der Waals surface area contributed by atoms with Crippen molar-refractivity contribution < 1.29 is 5.11 Å². The van der Waals surface area contributed by atoms with Crippen LogP contribution in [0.15, 0.2) is 48.5 Å². The number of benzene rings is 2. The Morgan fingerprint density at radius 1 is 0.963 bits per heavy atom. The summed E-state index contributed by atoms with van der Waals surface area (Å²) in [5, 5.41) is 10.4. The topological polar surface area (TPSA) is 26.7 Å². The number of hydrogen-bond acceptors (Lipinski definition) is 6. The van der Waals surface area contributed by atoms with Crippen LogP contribution >= 0.6 is 32.9 Å². The minimum absolute atomic E-state index is 0.373. The number of hydrogen-bond donors (Lipinski definition) is 1. The molecule has 0 unspecified atom stereocenters. The van der Waals surface area contributed by atoms with Crippen molar-refractivity contribution in [3.63, 3.8) is 0 Å². The maximum atomic E-state index is 10.4. The van der Waals surface area contributed by atoms with Crippen LogP contribution in [-0.4, -0.2) is 48.1 Å². The third-order valence-electron chi connectivity index (χ3n) is 5.03. The number of rotatable bonds is 4. The zero-order valence-corrected chi connectivity index (χ0v) is 17.7. The van der Waals surface area contributed by atoms with E-state index in [9.17, 15) is 5.11 Å². The molecule has 0 radical (unpaired) electrons. The van der Waals surface area contributed by atoms with Crippen LogP contribution in [0.4, 0.5) is 0 Å². The molecular weight excluding hydrogens is 392 g/mol. The molecule has 1 N–H and O–H groups in total. The van der Waals surface area contributed by atoms with Gasteiger partial charge in [-0.15, -0.1) is 0 Å². The van der Waals surface area contributed by atoms with Crippen molar-refractivity contribution in [2.75, 3.05) is 33.2 Å². The molecule has 3 nitrogen and oxygen atoms in total. The Morgan fingerprint density at radius 2 is 1.70 bits per heavy atom. The van der Waals surface area contributed by atoms with E-state index in [0.29, 0.717) is 5.75 Å². The molecule has 1 fully saturated rings. The second-order valence-corrected chi connectivity index (χ2v) is 9.76. The van der Waals surface area contributed by atoms with Crippen LogP contribution < -0.4 is 0 Å². The normalized spacial score (nSPS) is 15.9. The Balaban J connectivity index is 1.67. The van der Waals surface area contributed by atoms with E-state index in [-0.39, 0.29) is 0 Å². The molecule has 3 aromatic rings. The van der Waals surface area contributed by atoms with Crippen LogP contribution in [0.1, 0.15) is 5.56 Å². The Bertz CT molecular complexity index is 973. The predicted octanol–water partition coefficient (Wildman–Crippen LogP) is 5.33. The fourth-order valence-electron chi connectivity index (χ4n) is 3.40. The molecule has 0 saturated carbocycles. The van der Waals surface area contributed by atoms with Crippen molar-refractivity contribution in [2.24, 2.45) is 0 Å². The van der Waals surface area contributed by atoms with Gasteiger partial charge in [-0.3, -0.25) is 4.90 Å². The van der Waals surface area contributed by atoms with Gasteiger partial charge < -0.3 is 10.0 Å². The Hall–Kier alpha value is -1.57. The largest absolute Gasteiger partial charge is 0.508 e. The first kappa shape index (κ1) is 18.8. The van der Waals surface area contributed by atoms with Gasteiger partial charge in [0.2, 0.25) is 0 Å². The summed E-state index contributed by atoms with van der Waals surface area (Å²) >= 11 is 5.62. The van der Waals surface area contributed by atoms with Crippen molar-refractivity contribution in [3.8, 4) is 27.3 Å². The van der Waals surface area contributed by atoms with Crippen LogP contribution in [0.25, 0.3) is 21.6 Å². The molecule has 1 aliphatic rings. The van der Waals surface area contributed by atoms with Gasteiger partial charge in [-0.25, -0.2) is 0 Å². The van der Waals surface area contributed by atoms with Crippen molar-refractivity contribution in [1.82, 2.24) is 9.80 Å². The fourth-order valence-corrected chi connectivity index (χ4v) is 6.31. The molecule has 6 heteroatoms. The van der Waals surface area contributed by atoms with E-state index in [1.807, 2.05) is 30.3 Å². The van der Waals surface area contributed by atoms with Gasteiger partial charge in [0.1, 0.15) is 9.57 Å². The molecule has 1 saturated heterocycles. The van der Waals surface area contributed by atoms with Crippen molar-refractivity contribution in [3.05, 3.63) is 57.9 Å². The van der Waals surface area contributed by atoms with Crippen LogP contribution in [0, 0.1) is 3.82 Å². The fraction of sp³-hybridized carbons (Fsp3) is 0.286. The zero-order valence-electron chi connectivity index (χ0n) is 15.2. The Labute approximate surface area is 172 Å². The first-order valence-corrected chi connectivity index (χ1v) is 11.6. The highest BCUT2D eigenvalue weighted by Crippen LogP contribution is 2.42. The number of piperazine rings is 1. The number of nitrogens with zero attached hydrogens (tertiary/aromatic N) is 2. The van der Waals surface area contributed by atoms with Crippen LogP contribution in [-0.2, 0) is 6.54 Å². The van der Waals surface area contributed by atoms with E-state index < -0.39 is 0 Å². The number of aromatic hydroxyl groups is 1. The van der Waals surface area contributed by atoms with Gasteiger partial charge in [0.25, 0.3) is 0 Å². The third kappa shape index (κ3) is 4.15. The lowest BCUT2D eigenvalue weighted by atomic mass is 10.0. The maximum Gasteiger partial charge on any atom is 0.120 e. The molecule has 0 atom stereocenters. The quantitative estimate of drug-likeness (QED) is 0.461. The summed E-state index contributed by atoms with van der Waals surface area (Å²) < 4.78 is 0.926. The summed E-state index contributed by atoms with van der Waals surface area (Å²) in [6.07, 6.45) is 0. The lowest BCUT2D eigenvalue weighted by Crippen LogP contribution is -2.43. The van der Waals surface area contributed by atoms with Gasteiger partial charge in [0.05, 0.1) is 4.88 Å². The Kier molecular flexibility index (Phi) is 5.71. The Morgan fingerprint density at radius 3 is 2.44 bits per heavy atom. The standard InChI is InChI=1S/C21H22N2OS3/c1-22-9-11-23(12-10-22)14-17-13-16(7-8-18(17)24)20-19(21(25)27-26-20)15-5-3-2-4-6-15/h2-8,13,24H,9-12,14H2,1H3. The number of phenolic OH excluding ortho intramolecular Hbond substituents is 1. The van der Waals surface area contributed by atoms with Gasteiger partial charge >= 0.3 is 0 Å². The monoisotopic (exact) mass is 414 g/mol. The third-order valence-corrected chi connectivity index (χ3v) is 8.09. The van der Waals surface area contributed by atoms with E-state index in [1.54, 1.807) is 20.7 Å². The summed E-state index contributed by atoms with van der Waals surface area (Å²) in [5.74, 6) is 0.373. The van der Waals surface area contributed by atoms with Gasteiger partial charge in [-0.05, 0) is 36.4 Å². The van der Waals surface area contributed by atoms with Crippen molar-refractivity contribution >= 4 is 32.9 Å². The van der Waals surface area contributed by atoms with E-state index in [0.717, 1.165) is 58.8 Å². The second kappa shape index (κ2) is 8.20. The molecule has 4 rings (SSSR count).